The summed E-state index contributed by atoms with van der Waals surface area (Å²) in [7, 11) is 0. The molecule has 0 aliphatic heterocycles. The second kappa shape index (κ2) is 5.11. The highest BCUT2D eigenvalue weighted by molar-refractivity contribution is 5.35. The van der Waals surface area contributed by atoms with Crippen LogP contribution in [0.1, 0.15) is 22.6 Å². The number of ether oxygens (including phenoxy) is 1. The minimum atomic E-state index is -4.35. The molecule has 3 nitrogen and oxygen atoms in total. The summed E-state index contributed by atoms with van der Waals surface area (Å²) in [5.41, 5.74) is 0.825. The topological polar surface area (TPSA) is 35.0 Å². The second-order valence-electron chi connectivity index (χ2n) is 4.41. The predicted molar refractivity (Wildman–Crippen MR) is 67.8 cm³/mol. The van der Waals surface area contributed by atoms with Crippen molar-refractivity contribution in [3.63, 3.8) is 0 Å². The van der Waals surface area contributed by atoms with Gasteiger partial charge in [0.1, 0.15) is 11.6 Å². The molecule has 0 amide bonds. The van der Waals surface area contributed by atoms with Crippen molar-refractivity contribution in [2.75, 3.05) is 0 Å². The lowest BCUT2D eigenvalue weighted by Crippen LogP contribution is -2.04. The molecule has 0 aliphatic carbocycles. The molecular weight excluding hydrogens is 269 g/mol. The molecular formula is C14H13F3N2O. The van der Waals surface area contributed by atoms with Crippen molar-refractivity contribution in [2.45, 2.75) is 26.9 Å². The lowest BCUT2D eigenvalue weighted by molar-refractivity contribution is -0.137. The van der Waals surface area contributed by atoms with Gasteiger partial charge in [-0.15, -0.1) is 0 Å². The second-order valence-corrected chi connectivity index (χ2v) is 4.41. The Hall–Kier alpha value is -2.11. The molecule has 6 heteroatoms. The van der Waals surface area contributed by atoms with Gasteiger partial charge in [-0.25, -0.2) is 4.98 Å². The van der Waals surface area contributed by atoms with Gasteiger partial charge in [0, 0.05) is 11.3 Å². The first-order valence-electron chi connectivity index (χ1n) is 5.94. The zero-order valence-corrected chi connectivity index (χ0v) is 11.2. The zero-order valence-electron chi connectivity index (χ0n) is 11.2. The van der Waals surface area contributed by atoms with E-state index in [0.29, 0.717) is 17.5 Å². The number of aromatic nitrogens is 2. The molecule has 0 saturated heterocycles. The van der Waals surface area contributed by atoms with Crippen LogP contribution in [0.2, 0.25) is 0 Å². The van der Waals surface area contributed by atoms with Crippen molar-refractivity contribution >= 4 is 0 Å². The van der Waals surface area contributed by atoms with E-state index in [1.165, 1.54) is 12.1 Å². The maximum atomic E-state index is 12.5. The van der Waals surface area contributed by atoms with Gasteiger partial charge in [-0.1, -0.05) is 0 Å². The lowest BCUT2D eigenvalue weighted by Gasteiger charge is -2.11. The zero-order chi connectivity index (χ0) is 14.9. The van der Waals surface area contributed by atoms with Crippen molar-refractivity contribution in [1.82, 2.24) is 9.97 Å². The van der Waals surface area contributed by atoms with Crippen LogP contribution < -0.4 is 4.74 Å². The Morgan fingerprint density at radius 1 is 0.950 bits per heavy atom. The Balaban J connectivity index is 2.27. The van der Waals surface area contributed by atoms with E-state index >= 15 is 0 Å². The summed E-state index contributed by atoms with van der Waals surface area (Å²) >= 11 is 0. The first-order chi connectivity index (χ1) is 9.27. The molecule has 1 aromatic carbocycles. The normalized spacial score (nSPS) is 11.5. The molecule has 0 spiro atoms. The Morgan fingerprint density at radius 3 is 2.10 bits per heavy atom. The van der Waals surface area contributed by atoms with Crippen molar-refractivity contribution in [1.29, 1.82) is 0 Å². The summed E-state index contributed by atoms with van der Waals surface area (Å²) in [5.74, 6) is 1.21. The van der Waals surface area contributed by atoms with Crippen molar-refractivity contribution in [2.24, 2.45) is 0 Å². The molecule has 2 rings (SSSR count). The molecule has 0 aliphatic rings. The number of nitrogens with zero attached hydrogens (tertiary/aromatic N) is 2. The van der Waals surface area contributed by atoms with E-state index in [9.17, 15) is 13.2 Å². The summed E-state index contributed by atoms with van der Waals surface area (Å²) in [5, 5.41) is 0. The molecule has 0 radical (unpaired) electrons. The first-order valence-corrected chi connectivity index (χ1v) is 5.94. The number of alkyl halides is 3. The van der Waals surface area contributed by atoms with Crippen LogP contribution >= 0.6 is 0 Å². The predicted octanol–water partition coefficient (Wildman–Crippen LogP) is 4.21. The SMILES string of the molecule is Cc1nc(C)c(C)c(Oc2ccc(C(F)(F)F)cc2)n1. The fraction of sp³-hybridized carbons (Fsp3) is 0.286. The van der Waals surface area contributed by atoms with Crippen LogP contribution in [0.3, 0.4) is 0 Å². The monoisotopic (exact) mass is 282 g/mol. The number of hydrogen-bond acceptors (Lipinski definition) is 3. The van der Waals surface area contributed by atoms with Gasteiger partial charge < -0.3 is 4.74 Å². The van der Waals surface area contributed by atoms with Crippen LogP contribution in [-0.2, 0) is 6.18 Å². The Kier molecular flexibility index (Phi) is 3.65. The Bertz CT molecular complexity index is 622. The number of aryl methyl sites for hydroxylation is 2. The van der Waals surface area contributed by atoms with Crippen molar-refractivity contribution in [3.05, 3.63) is 46.9 Å². The minimum Gasteiger partial charge on any atom is -0.439 e. The Morgan fingerprint density at radius 2 is 1.55 bits per heavy atom. The molecule has 0 bridgehead atoms. The number of halogens is 3. The molecule has 1 heterocycles. The van der Waals surface area contributed by atoms with E-state index in [-0.39, 0.29) is 0 Å². The third-order valence-electron chi connectivity index (χ3n) is 2.85. The highest BCUT2D eigenvalue weighted by Crippen LogP contribution is 2.31. The summed E-state index contributed by atoms with van der Waals surface area (Å²) in [6.07, 6.45) is -4.35. The molecule has 0 saturated carbocycles. The average molecular weight is 282 g/mol. The highest BCUT2D eigenvalue weighted by atomic mass is 19.4. The van der Waals surface area contributed by atoms with Crippen LogP contribution in [0, 0.1) is 20.8 Å². The summed E-state index contributed by atoms with van der Waals surface area (Å²) in [6.45, 7) is 5.35. The number of hydrogen-bond donors (Lipinski definition) is 0. The molecule has 0 N–H and O–H groups in total. The van der Waals surface area contributed by atoms with Gasteiger partial charge in [0.2, 0.25) is 5.88 Å². The fourth-order valence-electron chi connectivity index (χ4n) is 1.66. The largest absolute Gasteiger partial charge is 0.439 e. The summed E-state index contributed by atoms with van der Waals surface area (Å²) < 4.78 is 42.9. The van der Waals surface area contributed by atoms with Crippen LogP contribution in [0.4, 0.5) is 13.2 Å². The van der Waals surface area contributed by atoms with Gasteiger partial charge in [0.15, 0.2) is 0 Å². The van der Waals surface area contributed by atoms with Gasteiger partial charge in [-0.3, -0.25) is 0 Å². The van der Waals surface area contributed by atoms with E-state index < -0.39 is 11.7 Å². The lowest BCUT2D eigenvalue weighted by atomic mass is 10.2. The maximum absolute atomic E-state index is 12.5. The molecule has 0 atom stereocenters. The van der Waals surface area contributed by atoms with Crippen LogP contribution in [0.5, 0.6) is 11.6 Å². The van der Waals surface area contributed by atoms with E-state index in [1.807, 2.05) is 6.92 Å². The molecule has 0 fully saturated rings. The van der Waals surface area contributed by atoms with Crippen LogP contribution in [0.25, 0.3) is 0 Å². The van der Waals surface area contributed by atoms with Gasteiger partial charge in [0.25, 0.3) is 0 Å². The maximum Gasteiger partial charge on any atom is 0.416 e. The van der Waals surface area contributed by atoms with E-state index in [0.717, 1.165) is 23.4 Å². The molecule has 106 valence electrons. The number of benzene rings is 1. The third kappa shape index (κ3) is 3.07. The quantitative estimate of drug-likeness (QED) is 0.827. The van der Waals surface area contributed by atoms with E-state index in [2.05, 4.69) is 9.97 Å². The third-order valence-corrected chi connectivity index (χ3v) is 2.85. The summed E-state index contributed by atoms with van der Waals surface area (Å²) in [6, 6.07) is 4.50. The van der Waals surface area contributed by atoms with E-state index in [1.54, 1.807) is 13.8 Å². The van der Waals surface area contributed by atoms with Crippen molar-refractivity contribution in [3.8, 4) is 11.6 Å². The first kappa shape index (κ1) is 14.3. The van der Waals surface area contributed by atoms with Crippen LogP contribution in [-0.4, -0.2) is 9.97 Å². The molecule has 1 aromatic heterocycles. The van der Waals surface area contributed by atoms with Gasteiger partial charge in [0.05, 0.1) is 5.56 Å². The Labute approximate surface area is 114 Å². The minimum absolute atomic E-state index is 0.304. The van der Waals surface area contributed by atoms with Crippen molar-refractivity contribution < 1.29 is 17.9 Å². The molecule has 2 aromatic rings. The highest BCUT2D eigenvalue weighted by Gasteiger charge is 2.30. The van der Waals surface area contributed by atoms with Crippen LogP contribution in [0.15, 0.2) is 24.3 Å². The molecule has 0 unspecified atom stereocenters. The van der Waals surface area contributed by atoms with Gasteiger partial charge in [-0.05, 0) is 45.0 Å². The fourth-order valence-corrected chi connectivity index (χ4v) is 1.66. The summed E-state index contributed by atoms with van der Waals surface area (Å²) in [4.78, 5) is 8.33. The number of rotatable bonds is 2. The average Bonchev–Trinajstić information content (AvgIpc) is 2.35. The van der Waals surface area contributed by atoms with Gasteiger partial charge >= 0.3 is 6.18 Å². The standard InChI is InChI=1S/C14H13F3N2O/c1-8-9(2)18-10(3)19-13(8)20-12-6-4-11(5-7-12)14(15,16)17/h4-7H,1-3H3. The van der Waals surface area contributed by atoms with Gasteiger partial charge in [-0.2, -0.15) is 18.2 Å². The smallest absolute Gasteiger partial charge is 0.416 e. The van der Waals surface area contributed by atoms with E-state index in [4.69, 9.17) is 4.74 Å². The molecule has 20 heavy (non-hydrogen) atoms.